The molecule has 1 aliphatic heterocycles. The summed E-state index contributed by atoms with van der Waals surface area (Å²) in [4.78, 5) is 4.14. The summed E-state index contributed by atoms with van der Waals surface area (Å²) in [6.07, 6.45) is 1.23. The fraction of sp³-hybridized carbons (Fsp3) is 0.400. The van der Waals surface area contributed by atoms with E-state index in [1.165, 1.54) is 10.5 Å². The van der Waals surface area contributed by atoms with Crippen LogP contribution in [-0.2, 0) is 21.8 Å². The van der Waals surface area contributed by atoms with Crippen LogP contribution in [0.15, 0.2) is 35.5 Å². The zero-order chi connectivity index (χ0) is 16.6. The molecule has 1 saturated heterocycles. The average Bonchev–Trinajstić information content (AvgIpc) is 2.88. The minimum atomic E-state index is -3.62. The summed E-state index contributed by atoms with van der Waals surface area (Å²) < 4.78 is 34.4. The van der Waals surface area contributed by atoms with Crippen LogP contribution in [0.4, 0.5) is 0 Å². The monoisotopic (exact) mass is 355 g/mol. The van der Waals surface area contributed by atoms with Crippen molar-refractivity contribution in [3.63, 3.8) is 0 Å². The lowest BCUT2D eigenvalue weighted by molar-refractivity contribution is -0.00261. The minimum Gasteiger partial charge on any atom is -0.371 e. The molecule has 2 aromatic rings. The molecule has 0 radical (unpaired) electrons. The van der Waals surface area contributed by atoms with E-state index in [-0.39, 0.29) is 17.7 Å². The van der Waals surface area contributed by atoms with Gasteiger partial charge in [-0.1, -0.05) is 23.7 Å². The minimum absolute atomic E-state index is 0.0780. The standard InChI is InChI=1S/C15H18ClN3O3S/c1-11-17-15(10-18(11)2)23(20,21)19-7-8-22-14(9-19)12-3-5-13(16)6-4-12/h3-6,10,14H,7-9H2,1-2H3. The molecular formula is C15H18ClN3O3S. The van der Waals surface area contributed by atoms with Crippen LogP contribution in [0, 0.1) is 6.92 Å². The van der Waals surface area contributed by atoms with Crippen LogP contribution in [0.2, 0.25) is 5.02 Å². The SMILES string of the molecule is Cc1nc(S(=O)(=O)N2CCOC(c3ccc(Cl)cc3)C2)cn1C. The molecule has 1 aromatic heterocycles. The summed E-state index contributed by atoms with van der Waals surface area (Å²) in [7, 11) is -1.84. The molecule has 124 valence electrons. The maximum atomic E-state index is 12.8. The van der Waals surface area contributed by atoms with Gasteiger partial charge in [0.25, 0.3) is 10.0 Å². The van der Waals surface area contributed by atoms with Crippen molar-refractivity contribution in [2.24, 2.45) is 7.05 Å². The van der Waals surface area contributed by atoms with Crippen molar-refractivity contribution in [1.82, 2.24) is 13.9 Å². The highest BCUT2D eigenvalue weighted by Gasteiger charge is 2.33. The molecular weight excluding hydrogens is 338 g/mol. The third kappa shape index (κ3) is 3.28. The molecule has 1 aromatic carbocycles. The predicted molar refractivity (Wildman–Crippen MR) is 86.8 cm³/mol. The zero-order valence-electron chi connectivity index (χ0n) is 12.9. The topological polar surface area (TPSA) is 64.4 Å². The van der Waals surface area contributed by atoms with Crippen LogP contribution in [0.25, 0.3) is 0 Å². The highest BCUT2D eigenvalue weighted by atomic mass is 35.5. The quantitative estimate of drug-likeness (QED) is 0.846. The Hall–Kier alpha value is -1.41. The Morgan fingerprint density at radius 3 is 2.61 bits per heavy atom. The van der Waals surface area contributed by atoms with Gasteiger partial charge < -0.3 is 9.30 Å². The van der Waals surface area contributed by atoms with Crippen LogP contribution in [0.5, 0.6) is 0 Å². The van der Waals surface area contributed by atoms with E-state index in [1.807, 2.05) is 12.1 Å². The van der Waals surface area contributed by atoms with Gasteiger partial charge in [0.1, 0.15) is 5.82 Å². The van der Waals surface area contributed by atoms with Gasteiger partial charge in [0.15, 0.2) is 5.03 Å². The number of rotatable bonds is 3. The number of morpholine rings is 1. The van der Waals surface area contributed by atoms with E-state index in [1.54, 1.807) is 30.7 Å². The summed E-state index contributed by atoms with van der Waals surface area (Å²) in [5.41, 5.74) is 0.909. The largest absolute Gasteiger partial charge is 0.371 e. The normalized spacial score (nSPS) is 19.9. The van der Waals surface area contributed by atoms with Gasteiger partial charge in [-0.15, -0.1) is 0 Å². The summed E-state index contributed by atoms with van der Waals surface area (Å²) in [5.74, 6) is 0.658. The van der Waals surface area contributed by atoms with E-state index in [0.717, 1.165) is 5.56 Å². The van der Waals surface area contributed by atoms with Crippen LogP contribution in [0.3, 0.4) is 0 Å². The Bertz CT molecular complexity index is 782. The molecule has 1 fully saturated rings. The molecule has 1 atom stereocenters. The molecule has 6 nitrogen and oxygen atoms in total. The number of hydrogen-bond acceptors (Lipinski definition) is 4. The van der Waals surface area contributed by atoms with Crippen molar-refractivity contribution in [2.45, 2.75) is 18.1 Å². The van der Waals surface area contributed by atoms with Gasteiger partial charge in [0.2, 0.25) is 0 Å². The lowest BCUT2D eigenvalue weighted by Gasteiger charge is -2.31. The van der Waals surface area contributed by atoms with Crippen LogP contribution in [0.1, 0.15) is 17.5 Å². The molecule has 23 heavy (non-hydrogen) atoms. The lowest BCUT2D eigenvalue weighted by atomic mass is 10.1. The van der Waals surface area contributed by atoms with Crippen LogP contribution >= 0.6 is 11.6 Å². The maximum absolute atomic E-state index is 12.8. The van der Waals surface area contributed by atoms with E-state index in [4.69, 9.17) is 16.3 Å². The number of nitrogens with zero attached hydrogens (tertiary/aromatic N) is 3. The molecule has 8 heteroatoms. The number of sulfonamides is 1. The fourth-order valence-electron chi connectivity index (χ4n) is 2.51. The van der Waals surface area contributed by atoms with E-state index in [0.29, 0.717) is 24.0 Å². The maximum Gasteiger partial charge on any atom is 0.262 e. The number of aromatic nitrogens is 2. The molecule has 0 aliphatic carbocycles. The van der Waals surface area contributed by atoms with Gasteiger partial charge in [0.05, 0.1) is 12.7 Å². The second-order valence-corrected chi connectivity index (χ2v) is 7.83. The third-order valence-corrected chi connectivity index (χ3v) is 5.95. The zero-order valence-corrected chi connectivity index (χ0v) is 14.5. The van der Waals surface area contributed by atoms with Crippen molar-refractivity contribution in [1.29, 1.82) is 0 Å². The number of halogens is 1. The van der Waals surface area contributed by atoms with Crippen molar-refractivity contribution >= 4 is 21.6 Å². The molecule has 0 saturated carbocycles. The molecule has 0 N–H and O–H groups in total. The Kier molecular flexibility index (Phi) is 4.46. The van der Waals surface area contributed by atoms with Crippen molar-refractivity contribution < 1.29 is 13.2 Å². The van der Waals surface area contributed by atoms with Gasteiger partial charge in [-0.3, -0.25) is 0 Å². The fourth-order valence-corrected chi connectivity index (χ4v) is 4.08. The highest BCUT2D eigenvalue weighted by molar-refractivity contribution is 7.89. The van der Waals surface area contributed by atoms with Gasteiger partial charge in [-0.2, -0.15) is 4.31 Å². The molecule has 2 heterocycles. The molecule has 1 aliphatic rings. The van der Waals surface area contributed by atoms with E-state index >= 15 is 0 Å². The van der Waals surface area contributed by atoms with Gasteiger partial charge in [-0.25, -0.2) is 13.4 Å². The summed E-state index contributed by atoms with van der Waals surface area (Å²) in [5, 5.41) is 0.715. The molecule has 0 amide bonds. The second kappa shape index (κ2) is 6.24. The molecule has 0 spiro atoms. The number of imidazole rings is 1. The number of benzene rings is 1. The number of hydrogen-bond donors (Lipinski definition) is 0. The first-order valence-corrected chi connectivity index (χ1v) is 9.07. The third-order valence-electron chi connectivity index (χ3n) is 3.96. The summed E-state index contributed by atoms with van der Waals surface area (Å²) >= 11 is 5.89. The molecule has 0 bridgehead atoms. The molecule has 3 rings (SSSR count). The summed E-state index contributed by atoms with van der Waals surface area (Å²) in [6.45, 7) is 2.70. The average molecular weight is 356 g/mol. The van der Waals surface area contributed by atoms with Gasteiger partial charge >= 0.3 is 0 Å². The Morgan fingerprint density at radius 1 is 1.30 bits per heavy atom. The van der Waals surface area contributed by atoms with Crippen molar-refractivity contribution in [2.75, 3.05) is 19.7 Å². The van der Waals surface area contributed by atoms with E-state index in [2.05, 4.69) is 4.98 Å². The van der Waals surface area contributed by atoms with E-state index < -0.39 is 10.0 Å². The first kappa shape index (κ1) is 16.4. The highest BCUT2D eigenvalue weighted by Crippen LogP contribution is 2.27. The Morgan fingerprint density at radius 2 is 2.00 bits per heavy atom. The summed E-state index contributed by atoms with van der Waals surface area (Å²) in [6, 6.07) is 7.26. The van der Waals surface area contributed by atoms with Crippen LogP contribution < -0.4 is 0 Å². The van der Waals surface area contributed by atoms with Gasteiger partial charge in [-0.05, 0) is 24.6 Å². The predicted octanol–water partition coefficient (Wildman–Crippen LogP) is 2.14. The number of ether oxygens (including phenoxy) is 1. The van der Waals surface area contributed by atoms with Crippen LogP contribution in [-0.4, -0.2) is 42.0 Å². The van der Waals surface area contributed by atoms with Crippen molar-refractivity contribution in [3.8, 4) is 0 Å². The smallest absolute Gasteiger partial charge is 0.262 e. The first-order valence-electron chi connectivity index (χ1n) is 7.25. The molecule has 1 unspecified atom stereocenters. The Labute approximate surface area is 140 Å². The first-order chi connectivity index (χ1) is 10.9. The Balaban J connectivity index is 1.84. The van der Waals surface area contributed by atoms with Crippen molar-refractivity contribution in [3.05, 3.63) is 46.9 Å². The van der Waals surface area contributed by atoms with Gasteiger partial charge in [0, 0.05) is 31.4 Å². The van der Waals surface area contributed by atoms with E-state index in [9.17, 15) is 8.42 Å². The number of aryl methyl sites for hydroxylation is 2. The lowest BCUT2D eigenvalue weighted by Crippen LogP contribution is -2.42. The second-order valence-electron chi connectivity index (χ2n) is 5.51.